The van der Waals surface area contributed by atoms with Crippen molar-refractivity contribution in [3.63, 3.8) is 0 Å². The SMILES string of the molecule is CC(C)(C)[Si](Oc1cccc(C2CCCC(=O)C2)c1)(c1ccccc1)c1ccccc1. The molecule has 0 heterocycles. The smallest absolute Gasteiger partial charge is 0.319 e. The second-order valence-electron chi connectivity index (χ2n) is 9.67. The topological polar surface area (TPSA) is 26.3 Å². The minimum absolute atomic E-state index is 0.0769. The second-order valence-corrected chi connectivity index (χ2v) is 13.9. The van der Waals surface area contributed by atoms with E-state index in [1.165, 1.54) is 15.9 Å². The number of hydrogen-bond donors (Lipinski definition) is 0. The van der Waals surface area contributed by atoms with Gasteiger partial charge in [0.15, 0.2) is 0 Å². The van der Waals surface area contributed by atoms with Gasteiger partial charge in [0.05, 0.1) is 0 Å². The van der Waals surface area contributed by atoms with Gasteiger partial charge in [-0.3, -0.25) is 4.79 Å². The Labute approximate surface area is 187 Å². The van der Waals surface area contributed by atoms with Gasteiger partial charge in [-0.25, -0.2) is 0 Å². The van der Waals surface area contributed by atoms with Crippen molar-refractivity contribution in [2.24, 2.45) is 0 Å². The van der Waals surface area contributed by atoms with E-state index in [4.69, 9.17) is 4.43 Å². The van der Waals surface area contributed by atoms with Crippen LogP contribution >= 0.6 is 0 Å². The molecule has 2 nitrogen and oxygen atoms in total. The summed E-state index contributed by atoms with van der Waals surface area (Å²) in [7, 11) is -2.64. The molecule has 3 aromatic rings. The molecule has 31 heavy (non-hydrogen) atoms. The van der Waals surface area contributed by atoms with Crippen molar-refractivity contribution < 1.29 is 9.22 Å². The highest BCUT2D eigenvalue weighted by atomic mass is 28.4. The first-order valence-electron chi connectivity index (χ1n) is 11.3. The Morgan fingerprint density at radius 3 is 2.00 bits per heavy atom. The summed E-state index contributed by atoms with van der Waals surface area (Å²) in [4.78, 5) is 12.0. The molecule has 0 spiro atoms. The summed E-state index contributed by atoms with van der Waals surface area (Å²) in [5.41, 5.74) is 1.23. The summed E-state index contributed by atoms with van der Waals surface area (Å²) >= 11 is 0. The van der Waals surface area contributed by atoms with E-state index in [-0.39, 0.29) is 5.04 Å². The fourth-order valence-electron chi connectivity index (χ4n) is 4.97. The highest BCUT2D eigenvalue weighted by molar-refractivity contribution is 7.00. The molecular weight excluding hydrogens is 396 g/mol. The molecule has 4 rings (SSSR count). The molecule has 1 aliphatic rings. The number of rotatable bonds is 5. The molecule has 1 saturated carbocycles. The Balaban J connectivity index is 1.81. The maximum absolute atomic E-state index is 12.0. The molecule has 1 fully saturated rings. The van der Waals surface area contributed by atoms with Gasteiger partial charge in [-0.2, -0.15) is 0 Å². The van der Waals surface area contributed by atoms with Gasteiger partial charge in [0, 0.05) is 12.8 Å². The lowest BCUT2D eigenvalue weighted by Gasteiger charge is -2.43. The lowest BCUT2D eigenvalue weighted by molar-refractivity contribution is -0.120. The standard InChI is InChI=1S/C28H32O2Si/c1-28(2,3)31(26-16-6-4-7-17-26,27-18-8-5-9-19-27)30-25-15-11-13-23(21-25)22-12-10-14-24(29)20-22/h4-9,11,13,15-19,21-22H,10,12,14,20H2,1-3H3. The first-order valence-corrected chi connectivity index (χ1v) is 13.2. The quantitative estimate of drug-likeness (QED) is 0.476. The van der Waals surface area contributed by atoms with Gasteiger partial charge in [-0.05, 0) is 51.9 Å². The van der Waals surface area contributed by atoms with Crippen LogP contribution in [0.2, 0.25) is 5.04 Å². The van der Waals surface area contributed by atoms with E-state index in [2.05, 4.69) is 106 Å². The predicted octanol–water partition coefficient (Wildman–Crippen LogP) is 5.85. The molecule has 160 valence electrons. The molecule has 0 radical (unpaired) electrons. The summed E-state index contributed by atoms with van der Waals surface area (Å²) in [5.74, 6) is 1.60. The molecule has 0 saturated heterocycles. The fourth-order valence-corrected chi connectivity index (χ4v) is 9.38. The van der Waals surface area contributed by atoms with E-state index in [0.29, 0.717) is 18.1 Å². The summed E-state index contributed by atoms with van der Waals surface area (Å²) < 4.78 is 7.15. The van der Waals surface area contributed by atoms with E-state index in [0.717, 1.165) is 25.0 Å². The van der Waals surface area contributed by atoms with Gasteiger partial charge in [-0.15, -0.1) is 0 Å². The second kappa shape index (κ2) is 8.84. The summed E-state index contributed by atoms with van der Waals surface area (Å²) in [6.45, 7) is 6.88. The van der Waals surface area contributed by atoms with Gasteiger partial charge < -0.3 is 4.43 Å². The zero-order chi connectivity index (χ0) is 21.9. The van der Waals surface area contributed by atoms with E-state index in [1.54, 1.807) is 0 Å². The zero-order valence-corrected chi connectivity index (χ0v) is 19.8. The average molecular weight is 429 g/mol. The maximum atomic E-state index is 12.0. The molecule has 3 heteroatoms. The van der Waals surface area contributed by atoms with Crippen LogP contribution in [0.15, 0.2) is 84.9 Å². The molecule has 1 unspecified atom stereocenters. The predicted molar refractivity (Wildman–Crippen MR) is 131 cm³/mol. The van der Waals surface area contributed by atoms with Crippen LogP contribution in [0.4, 0.5) is 0 Å². The van der Waals surface area contributed by atoms with Crippen molar-refractivity contribution in [1.82, 2.24) is 0 Å². The minimum atomic E-state index is -2.64. The Hall–Kier alpha value is -2.65. The molecule has 3 aromatic carbocycles. The van der Waals surface area contributed by atoms with Gasteiger partial charge in [0.1, 0.15) is 11.5 Å². The van der Waals surface area contributed by atoms with Gasteiger partial charge >= 0.3 is 8.32 Å². The van der Waals surface area contributed by atoms with Gasteiger partial charge in [-0.1, -0.05) is 93.6 Å². The number of carbonyl (C=O) groups is 1. The molecular formula is C28H32O2Si. The Morgan fingerprint density at radius 1 is 0.839 bits per heavy atom. The van der Waals surface area contributed by atoms with Crippen molar-refractivity contribution in [3.8, 4) is 5.75 Å². The van der Waals surface area contributed by atoms with Crippen molar-refractivity contribution in [2.45, 2.75) is 57.4 Å². The van der Waals surface area contributed by atoms with Gasteiger partial charge in [0.2, 0.25) is 0 Å². The summed E-state index contributed by atoms with van der Waals surface area (Å²) in [6.07, 6.45) is 3.45. The lowest BCUT2D eigenvalue weighted by Crippen LogP contribution is -2.68. The third kappa shape index (κ3) is 4.38. The Morgan fingerprint density at radius 2 is 1.45 bits per heavy atom. The monoisotopic (exact) mass is 428 g/mol. The van der Waals surface area contributed by atoms with E-state index < -0.39 is 8.32 Å². The Kier molecular flexibility index (Phi) is 6.15. The zero-order valence-electron chi connectivity index (χ0n) is 18.8. The van der Waals surface area contributed by atoms with Crippen LogP contribution in [0.25, 0.3) is 0 Å². The summed E-state index contributed by atoms with van der Waals surface area (Å²) in [5, 5.41) is 2.46. The average Bonchev–Trinajstić information content (AvgIpc) is 2.78. The van der Waals surface area contributed by atoms with E-state index in [1.807, 2.05) is 0 Å². The lowest BCUT2D eigenvalue weighted by atomic mass is 9.83. The van der Waals surface area contributed by atoms with E-state index in [9.17, 15) is 4.79 Å². The van der Waals surface area contributed by atoms with Crippen molar-refractivity contribution in [3.05, 3.63) is 90.5 Å². The van der Waals surface area contributed by atoms with Gasteiger partial charge in [0.25, 0.3) is 0 Å². The molecule has 0 amide bonds. The van der Waals surface area contributed by atoms with E-state index >= 15 is 0 Å². The molecule has 0 bridgehead atoms. The largest absolute Gasteiger partial charge is 0.534 e. The molecule has 0 aliphatic heterocycles. The highest BCUT2D eigenvalue weighted by Gasteiger charge is 2.52. The molecule has 0 N–H and O–H groups in total. The first kappa shape index (κ1) is 21.6. The number of Topliss-reactive ketones (excluding diaryl/α,β-unsaturated/α-hetero) is 1. The van der Waals surface area contributed by atoms with Crippen molar-refractivity contribution in [1.29, 1.82) is 0 Å². The number of benzene rings is 3. The van der Waals surface area contributed by atoms with Crippen LogP contribution in [0, 0.1) is 0 Å². The highest BCUT2D eigenvalue weighted by Crippen LogP contribution is 2.39. The third-order valence-electron chi connectivity index (χ3n) is 6.50. The molecule has 1 atom stereocenters. The van der Waals surface area contributed by atoms with Crippen LogP contribution in [-0.2, 0) is 4.79 Å². The van der Waals surface area contributed by atoms with Crippen LogP contribution in [0.1, 0.15) is 57.9 Å². The third-order valence-corrected chi connectivity index (χ3v) is 11.4. The molecule has 1 aliphatic carbocycles. The van der Waals surface area contributed by atoms with Crippen LogP contribution in [0.3, 0.4) is 0 Å². The first-order chi connectivity index (χ1) is 14.9. The number of ketones is 1. The van der Waals surface area contributed by atoms with Crippen molar-refractivity contribution >= 4 is 24.5 Å². The van der Waals surface area contributed by atoms with Crippen LogP contribution < -0.4 is 14.8 Å². The maximum Gasteiger partial charge on any atom is 0.319 e. The number of carbonyl (C=O) groups excluding carboxylic acids is 1. The van der Waals surface area contributed by atoms with Crippen LogP contribution in [0.5, 0.6) is 5.75 Å². The Bertz CT molecular complexity index is 982. The summed E-state index contributed by atoms with van der Waals surface area (Å²) in [6, 6.07) is 29.9. The fraction of sp³-hybridized carbons (Fsp3) is 0.321. The number of hydrogen-bond acceptors (Lipinski definition) is 2. The normalized spacial score (nSPS) is 17.4. The molecule has 0 aromatic heterocycles. The van der Waals surface area contributed by atoms with Crippen LogP contribution in [-0.4, -0.2) is 14.1 Å². The van der Waals surface area contributed by atoms with Crippen molar-refractivity contribution in [2.75, 3.05) is 0 Å². The minimum Gasteiger partial charge on any atom is -0.534 e.